The van der Waals surface area contributed by atoms with Crippen LogP contribution in [0.1, 0.15) is 17.3 Å². The van der Waals surface area contributed by atoms with E-state index < -0.39 is 16.1 Å². The summed E-state index contributed by atoms with van der Waals surface area (Å²) in [5, 5.41) is -0.169. The molecule has 17 heavy (non-hydrogen) atoms. The van der Waals surface area contributed by atoms with E-state index in [1.54, 1.807) is 6.92 Å². The molecule has 1 heterocycles. The van der Waals surface area contributed by atoms with E-state index in [4.69, 9.17) is 23.5 Å². The molecular formula is C8H7Cl2NO5S. The zero-order valence-corrected chi connectivity index (χ0v) is 10.8. The zero-order valence-electron chi connectivity index (χ0n) is 8.51. The lowest BCUT2D eigenvalue weighted by molar-refractivity contribution is 0.0526. The topological polar surface area (TPSA) is 82.6 Å². The molecule has 0 saturated carbocycles. The second-order valence-corrected chi connectivity index (χ2v) is 4.99. The number of carbonyl (C=O) groups is 1. The normalized spacial score (nSPS) is 11.2. The number of esters is 1. The number of carbonyl (C=O) groups excluding carboxylic acids is 1. The number of halogens is 2. The lowest BCUT2D eigenvalue weighted by atomic mass is 10.3. The van der Waals surface area contributed by atoms with Crippen LogP contribution in [0.3, 0.4) is 0 Å². The number of rotatable bonds is 4. The standard InChI is InChI=1S/C8H7Cl2NO5S/c1-2-15-8(12)6-3-5(4-11-7(6)9)17(13,14)16-10/h3-4H,2H2,1H3. The molecule has 0 aliphatic carbocycles. The quantitative estimate of drug-likeness (QED) is 0.622. The highest BCUT2D eigenvalue weighted by molar-refractivity contribution is 7.87. The predicted molar refractivity (Wildman–Crippen MR) is 59.3 cm³/mol. The van der Waals surface area contributed by atoms with Gasteiger partial charge < -0.3 is 4.74 Å². The SMILES string of the molecule is CCOC(=O)c1cc(S(=O)(=O)OCl)cnc1Cl. The van der Waals surface area contributed by atoms with Crippen LogP contribution < -0.4 is 0 Å². The molecule has 0 aromatic carbocycles. The van der Waals surface area contributed by atoms with Gasteiger partial charge in [-0.05, 0) is 13.0 Å². The van der Waals surface area contributed by atoms with Crippen LogP contribution in [0.25, 0.3) is 0 Å². The van der Waals surface area contributed by atoms with E-state index in [2.05, 4.69) is 13.5 Å². The van der Waals surface area contributed by atoms with E-state index in [0.717, 1.165) is 12.3 Å². The molecule has 0 radical (unpaired) electrons. The average molecular weight is 300 g/mol. The summed E-state index contributed by atoms with van der Waals surface area (Å²) in [6.45, 7) is 1.72. The molecule has 0 atom stereocenters. The van der Waals surface area contributed by atoms with Crippen LogP contribution in [0.15, 0.2) is 17.2 Å². The minimum atomic E-state index is -4.15. The van der Waals surface area contributed by atoms with Crippen molar-refractivity contribution in [2.45, 2.75) is 11.8 Å². The largest absolute Gasteiger partial charge is 0.462 e. The molecule has 0 spiro atoms. The molecule has 1 aromatic heterocycles. The Labute approximate surface area is 108 Å². The maximum atomic E-state index is 11.4. The van der Waals surface area contributed by atoms with Gasteiger partial charge in [0.1, 0.15) is 10.0 Å². The first-order valence-electron chi connectivity index (χ1n) is 4.30. The van der Waals surface area contributed by atoms with E-state index in [1.807, 2.05) is 0 Å². The molecule has 6 nitrogen and oxygen atoms in total. The number of pyridine rings is 1. The fourth-order valence-electron chi connectivity index (χ4n) is 0.954. The van der Waals surface area contributed by atoms with Gasteiger partial charge in [-0.1, -0.05) is 11.6 Å². The number of hydrogen-bond acceptors (Lipinski definition) is 6. The molecule has 0 aliphatic heterocycles. The predicted octanol–water partition coefficient (Wildman–Crippen LogP) is 1.77. The van der Waals surface area contributed by atoms with Gasteiger partial charge in [-0.15, -0.1) is 0 Å². The van der Waals surface area contributed by atoms with E-state index in [-0.39, 0.29) is 22.2 Å². The first-order valence-corrected chi connectivity index (χ1v) is 6.39. The Morgan fingerprint density at radius 2 is 2.18 bits per heavy atom. The van der Waals surface area contributed by atoms with Crippen LogP contribution in [0.5, 0.6) is 0 Å². The smallest absolute Gasteiger partial charge is 0.341 e. The number of hydrogen-bond donors (Lipinski definition) is 0. The van der Waals surface area contributed by atoms with Crippen molar-refractivity contribution < 1.29 is 21.7 Å². The van der Waals surface area contributed by atoms with E-state index in [9.17, 15) is 13.2 Å². The summed E-state index contributed by atoms with van der Waals surface area (Å²) in [4.78, 5) is 14.6. The molecule has 1 aromatic rings. The second kappa shape index (κ2) is 5.63. The highest BCUT2D eigenvalue weighted by Gasteiger charge is 2.20. The van der Waals surface area contributed by atoms with Crippen molar-refractivity contribution in [2.75, 3.05) is 6.61 Å². The van der Waals surface area contributed by atoms with Crippen LogP contribution in [-0.2, 0) is 18.6 Å². The van der Waals surface area contributed by atoms with E-state index in [1.165, 1.54) is 0 Å². The highest BCUT2D eigenvalue weighted by Crippen LogP contribution is 2.20. The molecule has 0 bridgehead atoms. The zero-order chi connectivity index (χ0) is 13.1. The van der Waals surface area contributed by atoms with Gasteiger partial charge >= 0.3 is 16.1 Å². The Hall–Kier alpha value is -0.890. The summed E-state index contributed by atoms with van der Waals surface area (Å²) in [6.07, 6.45) is 0.919. The summed E-state index contributed by atoms with van der Waals surface area (Å²) in [5.41, 5.74) is -0.177. The molecule has 0 N–H and O–H groups in total. The van der Waals surface area contributed by atoms with Gasteiger partial charge in [-0.2, -0.15) is 12.2 Å². The average Bonchev–Trinajstić information content (AvgIpc) is 2.29. The summed E-state index contributed by atoms with van der Waals surface area (Å²) in [5.74, 6) is -0.781. The van der Waals surface area contributed by atoms with Crippen molar-refractivity contribution in [3.05, 3.63) is 23.0 Å². The molecule has 94 valence electrons. The molecule has 0 saturated heterocycles. The summed E-state index contributed by atoms with van der Waals surface area (Å²) >= 11 is 10.4. The van der Waals surface area contributed by atoms with Crippen LogP contribution in [0.2, 0.25) is 5.15 Å². The van der Waals surface area contributed by atoms with Gasteiger partial charge in [0.15, 0.2) is 0 Å². The van der Waals surface area contributed by atoms with Crippen molar-refractivity contribution in [3.8, 4) is 0 Å². The van der Waals surface area contributed by atoms with Crippen molar-refractivity contribution in [1.29, 1.82) is 0 Å². The van der Waals surface area contributed by atoms with Crippen LogP contribution in [0, 0.1) is 0 Å². The Bertz CT molecular complexity index is 531. The summed E-state index contributed by atoms with van der Waals surface area (Å²) in [7, 11) is -4.15. The van der Waals surface area contributed by atoms with Gasteiger partial charge in [0.25, 0.3) is 0 Å². The Morgan fingerprint density at radius 1 is 1.53 bits per heavy atom. The molecular weight excluding hydrogens is 293 g/mol. The third-order valence-electron chi connectivity index (χ3n) is 1.68. The minimum absolute atomic E-state index is 0.123. The lowest BCUT2D eigenvalue weighted by Gasteiger charge is -2.05. The van der Waals surface area contributed by atoms with E-state index in [0.29, 0.717) is 0 Å². The van der Waals surface area contributed by atoms with Crippen LogP contribution in [-0.4, -0.2) is 26.0 Å². The molecule has 0 aliphatic rings. The van der Waals surface area contributed by atoms with Gasteiger partial charge in [-0.3, -0.25) is 0 Å². The molecule has 0 unspecified atom stereocenters. The molecule has 0 amide bonds. The van der Waals surface area contributed by atoms with Crippen molar-refractivity contribution >= 4 is 39.6 Å². The lowest BCUT2D eigenvalue weighted by Crippen LogP contribution is -2.09. The number of nitrogens with zero attached hydrogens (tertiary/aromatic N) is 1. The van der Waals surface area contributed by atoms with Crippen LogP contribution >= 0.6 is 23.5 Å². The Kier molecular flexibility index (Phi) is 4.70. The monoisotopic (exact) mass is 299 g/mol. The number of ether oxygens (including phenoxy) is 1. The van der Waals surface area contributed by atoms with Crippen molar-refractivity contribution in [3.63, 3.8) is 0 Å². The van der Waals surface area contributed by atoms with E-state index >= 15 is 0 Å². The van der Waals surface area contributed by atoms with Gasteiger partial charge in [-0.25, -0.2) is 9.78 Å². The first-order chi connectivity index (χ1) is 7.92. The Balaban J connectivity index is 3.25. The number of aromatic nitrogens is 1. The van der Waals surface area contributed by atoms with Gasteiger partial charge in [0.2, 0.25) is 0 Å². The molecule has 0 fully saturated rings. The molecule has 1 rings (SSSR count). The second-order valence-electron chi connectivity index (χ2n) is 2.75. The summed E-state index contributed by atoms with van der Waals surface area (Å²) in [6, 6.07) is 0.977. The third-order valence-corrected chi connectivity index (χ3v) is 3.45. The van der Waals surface area contributed by atoms with Gasteiger partial charge in [0.05, 0.1) is 24.0 Å². The maximum absolute atomic E-state index is 11.4. The highest BCUT2D eigenvalue weighted by atomic mass is 35.5. The maximum Gasteiger partial charge on any atom is 0.341 e. The van der Waals surface area contributed by atoms with Gasteiger partial charge in [0, 0.05) is 6.20 Å². The Morgan fingerprint density at radius 3 is 2.71 bits per heavy atom. The first kappa shape index (κ1) is 14.2. The third kappa shape index (κ3) is 3.29. The van der Waals surface area contributed by atoms with Crippen LogP contribution in [0.4, 0.5) is 0 Å². The fraction of sp³-hybridized carbons (Fsp3) is 0.250. The minimum Gasteiger partial charge on any atom is -0.462 e. The summed E-state index contributed by atoms with van der Waals surface area (Å²) < 4.78 is 31.0. The fourth-order valence-corrected chi connectivity index (χ4v) is 1.87. The van der Waals surface area contributed by atoms with Crippen molar-refractivity contribution in [1.82, 2.24) is 4.98 Å². The van der Waals surface area contributed by atoms with Crippen molar-refractivity contribution in [2.24, 2.45) is 0 Å². The molecule has 9 heteroatoms.